The van der Waals surface area contributed by atoms with Gasteiger partial charge in [-0.15, -0.1) is 0 Å². The number of fused-ring (bicyclic) bond motifs is 1. The third kappa shape index (κ3) is 6.47. The van der Waals surface area contributed by atoms with Gasteiger partial charge in [0.2, 0.25) is 0 Å². The third-order valence-electron chi connectivity index (χ3n) is 6.40. The molecule has 7 nitrogen and oxygen atoms in total. The van der Waals surface area contributed by atoms with Crippen LogP contribution in [0.25, 0.3) is 22.3 Å². The molecule has 1 saturated heterocycles. The van der Waals surface area contributed by atoms with Crippen molar-refractivity contribution >= 4 is 22.6 Å². The Morgan fingerprint density at radius 3 is 2.49 bits per heavy atom. The van der Waals surface area contributed by atoms with Crippen molar-refractivity contribution in [1.82, 2.24) is 25.3 Å². The Morgan fingerprint density at radius 1 is 0.973 bits per heavy atom. The summed E-state index contributed by atoms with van der Waals surface area (Å²) < 4.78 is 0. The number of pyridine rings is 4. The maximum absolute atomic E-state index is 12.4. The molecule has 2 atom stereocenters. The fraction of sp³-hybridized carbons (Fsp3) is 0.367. The Morgan fingerprint density at radius 2 is 1.73 bits per heavy atom. The molecule has 37 heavy (non-hydrogen) atoms. The zero-order valence-electron chi connectivity index (χ0n) is 22.4. The van der Waals surface area contributed by atoms with Crippen LogP contribution in [0.3, 0.4) is 0 Å². The van der Waals surface area contributed by atoms with Crippen molar-refractivity contribution in [2.75, 3.05) is 18.0 Å². The van der Waals surface area contributed by atoms with Crippen molar-refractivity contribution in [3.8, 4) is 11.4 Å². The largest absolute Gasteiger partial charge is 0.356 e. The molecular weight excluding hydrogens is 460 g/mol. The quantitative estimate of drug-likeness (QED) is 0.374. The van der Waals surface area contributed by atoms with Crippen LogP contribution in [0.1, 0.15) is 55.9 Å². The molecule has 192 valence electrons. The van der Waals surface area contributed by atoms with E-state index >= 15 is 0 Å². The summed E-state index contributed by atoms with van der Waals surface area (Å²) in [6.45, 7) is 12.9. The molecule has 4 aromatic rings. The van der Waals surface area contributed by atoms with Gasteiger partial charge in [-0.2, -0.15) is 0 Å². The van der Waals surface area contributed by atoms with Crippen molar-refractivity contribution in [2.45, 2.75) is 47.6 Å². The molecule has 0 saturated carbocycles. The summed E-state index contributed by atoms with van der Waals surface area (Å²) in [5, 5.41) is 3.84. The molecule has 1 aliphatic rings. The van der Waals surface area contributed by atoms with E-state index < -0.39 is 0 Å². The van der Waals surface area contributed by atoms with Gasteiger partial charge in [-0.05, 0) is 73.2 Å². The minimum absolute atomic E-state index is 0.223. The number of nitrogens with zero attached hydrogens (tertiary/aromatic N) is 5. The number of nitrogens with one attached hydrogen (secondary N) is 1. The maximum Gasteiger partial charge on any atom is 0.270 e. The molecule has 0 radical (unpaired) electrons. The second-order valence-corrected chi connectivity index (χ2v) is 9.70. The highest BCUT2D eigenvalue weighted by molar-refractivity contribution is 5.92. The molecule has 4 aromatic heterocycles. The van der Waals surface area contributed by atoms with Crippen molar-refractivity contribution in [3.05, 3.63) is 77.9 Å². The predicted octanol–water partition coefficient (Wildman–Crippen LogP) is 5.83. The van der Waals surface area contributed by atoms with Crippen LogP contribution in [0.4, 0.5) is 5.82 Å². The van der Waals surface area contributed by atoms with Crippen LogP contribution in [0.15, 0.2) is 60.9 Å². The van der Waals surface area contributed by atoms with Gasteiger partial charge >= 0.3 is 0 Å². The van der Waals surface area contributed by atoms with Gasteiger partial charge < -0.3 is 10.2 Å². The molecule has 2 unspecified atom stereocenters. The summed E-state index contributed by atoms with van der Waals surface area (Å²) in [4.78, 5) is 33.3. The Balaban J connectivity index is 0.00000156. The number of carbonyl (C=O) groups excluding carboxylic acids is 1. The van der Waals surface area contributed by atoms with E-state index in [2.05, 4.69) is 46.2 Å². The lowest BCUT2D eigenvalue weighted by Crippen LogP contribution is -2.39. The highest BCUT2D eigenvalue weighted by Crippen LogP contribution is 2.27. The molecule has 0 spiro atoms. The average Bonchev–Trinajstić information content (AvgIpc) is 2.92. The second kappa shape index (κ2) is 11.9. The topological polar surface area (TPSA) is 83.9 Å². The molecule has 1 fully saturated rings. The van der Waals surface area contributed by atoms with Crippen LogP contribution in [0.2, 0.25) is 0 Å². The van der Waals surface area contributed by atoms with E-state index in [0.717, 1.165) is 52.5 Å². The number of piperidine rings is 1. The van der Waals surface area contributed by atoms with E-state index in [1.807, 2.05) is 51.1 Å². The van der Waals surface area contributed by atoms with Crippen molar-refractivity contribution in [2.24, 2.45) is 11.8 Å². The van der Waals surface area contributed by atoms with Gasteiger partial charge in [0.15, 0.2) is 0 Å². The first-order chi connectivity index (χ1) is 17.9. The Bertz CT molecular complexity index is 1360. The number of hydrogen-bond acceptors (Lipinski definition) is 6. The molecule has 0 bridgehead atoms. The monoisotopic (exact) mass is 496 g/mol. The van der Waals surface area contributed by atoms with Crippen LogP contribution < -0.4 is 10.2 Å². The lowest BCUT2D eigenvalue weighted by Gasteiger charge is -2.35. The van der Waals surface area contributed by atoms with E-state index in [-0.39, 0.29) is 5.91 Å². The van der Waals surface area contributed by atoms with Gasteiger partial charge in [0.25, 0.3) is 5.91 Å². The zero-order valence-corrected chi connectivity index (χ0v) is 22.4. The average molecular weight is 497 g/mol. The van der Waals surface area contributed by atoms with Gasteiger partial charge in [-0.1, -0.05) is 33.8 Å². The Labute approximate surface area is 219 Å². The molecular formula is C30H36N6O. The van der Waals surface area contributed by atoms with E-state index in [4.69, 9.17) is 9.97 Å². The minimum Gasteiger partial charge on any atom is -0.356 e. The van der Waals surface area contributed by atoms with Crippen molar-refractivity contribution in [1.29, 1.82) is 0 Å². The molecule has 0 aliphatic carbocycles. The van der Waals surface area contributed by atoms with E-state index in [1.54, 1.807) is 18.5 Å². The first-order valence-corrected chi connectivity index (χ1v) is 13.1. The van der Waals surface area contributed by atoms with E-state index in [9.17, 15) is 4.79 Å². The number of anilines is 1. The predicted molar refractivity (Wildman–Crippen MR) is 149 cm³/mol. The van der Waals surface area contributed by atoms with Crippen LogP contribution in [0, 0.1) is 18.8 Å². The normalized spacial score (nSPS) is 17.2. The molecule has 0 aromatic carbocycles. The fourth-order valence-corrected chi connectivity index (χ4v) is 4.81. The minimum atomic E-state index is -0.223. The van der Waals surface area contributed by atoms with Crippen LogP contribution in [0.5, 0.6) is 0 Å². The number of carbonyl (C=O) groups is 1. The highest BCUT2D eigenvalue weighted by Gasteiger charge is 2.23. The summed E-state index contributed by atoms with van der Waals surface area (Å²) in [6.07, 6.45) is 4.69. The van der Waals surface area contributed by atoms with Gasteiger partial charge in [-0.3, -0.25) is 14.8 Å². The lowest BCUT2D eigenvalue weighted by atomic mass is 9.92. The second-order valence-electron chi connectivity index (χ2n) is 9.70. The Kier molecular flexibility index (Phi) is 8.43. The summed E-state index contributed by atoms with van der Waals surface area (Å²) >= 11 is 0. The first kappa shape index (κ1) is 26.2. The van der Waals surface area contributed by atoms with Crippen LogP contribution in [-0.2, 0) is 6.54 Å². The number of aryl methyl sites for hydroxylation is 1. The SMILES string of the molecule is CC.Cc1ccnc(C(=O)NCc2cc3nc(-c4cccc(N5CC(C)CC(C)C5)n4)ccc3cn2)c1. The smallest absolute Gasteiger partial charge is 0.270 e. The lowest BCUT2D eigenvalue weighted by molar-refractivity contribution is 0.0945. The molecule has 1 aliphatic heterocycles. The standard InChI is InChI=1S/C28H30N6O.C2H6/c1-18-9-10-29-26(12-18)28(35)31-15-22-13-25-21(14-30-22)7-8-24(32-25)23-5-4-6-27(33-23)34-16-19(2)11-20(3)17-34;1-2/h4-10,12-14,19-20H,11,15-17H2,1-3H3,(H,31,35);1-2H3. The van der Waals surface area contributed by atoms with Crippen molar-refractivity contribution in [3.63, 3.8) is 0 Å². The summed E-state index contributed by atoms with van der Waals surface area (Å²) in [6, 6.07) is 15.7. The van der Waals surface area contributed by atoms with Gasteiger partial charge in [-0.25, -0.2) is 9.97 Å². The number of hydrogen-bond donors (Lipinski definition) is 1. The zero-order chi connectivity index (χ0) is 26.4. The van der Waals surface area contributed by atoms with E-state index in [1.165, 1.54) is 6.42 Å². The molecule has 5 rings (SSSR count). The number of aromatic nitrogens is 4. The van der Waals surface area contributed by atoms with E-state index in [0.29, 0.717) is 24.1 Å². The molecule has 7 heteroatoms. The highest BCUT2D eigenvalue weighted by atomic mass is 16.1. The number of rotatable bonds is 5. The van der Waals surface area contributed by atoms with Gasteiger partial charge in [0.1, 0.15) is 11.5 Å². The fourth-order valence-electron chi connectivity index (χ4n) is 4.81. The first-order valence-electron chi connectivity index (χ1n) is 13.1. The van der Waals surface area contributed by atoms with Crippen LogP contribution >= 0.6 is 0 Å². The molecule has 1 N–H and O–H groups in total. The molecule has 5 heterocycles. The van der Waals surface area contributed by atoms with Gasteiger partial charge in [0.05, 0.1) is 29.1 Å². The summed E-state index contributed by atoms with van der Waals surface area (Å²) in [7, 11) is 0. The number of amides is 1. The summed E-state index contributed by atoms with van der Waals surface area (Å²) in [5.74, 6) is 2.11. The van der Waals surface area contributed by atoms with Gasteiger partial charge in [0, 0.05) is 30.9 Å². The molecule has 1 amide bonds. The third-order valence-corrected chi connectivity index (χ3v) is 6.40. The van der Waals surface area contributed by atoms with Crippen LogP contribution in [-0.4, -0.2) is 38.9 Å². The summed E-state index contributed by atoms with van der Waals surface area (Å²) in [5.41, 5.74) is 4.63. The van der Waals surface area contributed by atoms with Crippen molar-refractivity contribution < 1.29 is 4.79 Å². The maximum atomic E-state index is 12.4. The Hall–Kier alpha value is -3.87.